The van der Waals surface area contributed by atoms with Crippen LogP contribution in [-0.4, -0.2) is 64.4 Å². The molecule has 8 heteroatoms. The van der Waals surface area contributed by atoms with Gasteiger partial charge < -0.3 is 20.1 Å². The predicted molar refractivity (Wildman–Crippen MR) is 118 cm³/mol. The maximum absolute atomic E-state index is 4.71. The second-order valence-electron chi connectivity index (χ2n) is 6.83. The van der Waals surface area contributed by atoms with E-state index in [1.807, 2.05) is 4.57 Å². The van der Waals surface area contributed by atoms with Crippen molar-refractivity contribution in [2.75, 3.05) is 32.7 Å². The van der Waals surface area contributed by atoms with Crippen molar-refractivity contribution in [1.82, 2.24) is 30.3 Å². The lowest BCUT2D eigenvalue weighted by Crippen LogP contribution is -2.39. The van der Waals surface area contributed by atoms with Crippen molar-refractivity contribution in [3.63, 3.8) is 0 Å². The van der Waals surface area contributed by atoms with Gasteiger partial charge in [-0.3, -0.25) is 4.99 Å². The summed E-state index contributed by atoms with van der Waals surface area (Å²) in [5.41, 5.74) is 0. The predicted octanol–water partition coefficient (Wildman–Crippen LogP) is 2.50. The van der Waals surface area contributed by atoms with Gasteiger partial charge in [0.1, 0.15) is 12.7 Å². The van der Waals surface area contributed by atoms with Crippen molar-refractivity contribution in [3.8, 4) is 0 Å². The van der Waals surface area contributed by atoms with Crippen LogP contribution in [0, 0.1) is 0 Å². The summed E-state index contributed by atoms with van der Waals surface area (Å²) in [6, 6.07) is 0.745. The first kappa shape index (κ1) is 23.1. The molecule has 0 spiro atoms. The first-order chi connectivity index (χ1) is 12.3. The Morgan fingerprint density at radius 3 is 2.65 bits per heavy atom. The van der Waals surface area contributed by atoms with Crippen LogP contribution in [0.1, 0.15) is 52.4 Å². The van der Waals surface area contributed by atoms with Gasteiger partial charge in [0.15, 0.2) is 5.96 Å². The minimum Gasteiger partial charge on any atom is -0.357 e. The molecule has 7 nitrogen and oxygen atoms in total. The Labute approximate surface area is 175 Å². The zero-order valence-corrected chi connectivity index (χ0v) is 18.7. The Balaban J connectivity index is 0.00000338. The smallest absolute Gasteiger partial charge is 0.191 e. The molecule has 1 unspecified atom stereocenters. The lowest BCUT2D eigenvalue weighted by atomic mass is 10.0. The van der Waals surface area contributed by atoms with Crippen LogP contribution in [0.3, 0.4) is 0 Å². The van der Waals surface area contributed by atoms with E-state index in [0.717, 1.165) is 57.4 Å². The quantitative estimate of drug-likeness (QED) is 0.235. The van der Waals surface area contributed by atoms with Crippen molar-refractivity contribution in [2.24, 2.45) is 4.99 Å². The summed E-state index contributed by atoms with van der Waals surface area (Å²) in [6.07, 6.45) is 11.0. The van der Waals surface area contributed by atoms with Crippen molar-refractivity contribution in [1.29, 1.82) is 0 Å². The fourth-order valence-electron chi connectivity index (χ4n) is 3.26. The van der Waals surface area contributed by atoms with Crippen LogP contribution in [0.2, 0.25) is 0 Å². The van der Waals surface area contributed by atoms with E-state index >= 15 is 0 Å². The summed E-state index contributed by atoms with van der Waals surface area (Å²) in [6.45, 7) is 10.6. The number of hydrogen-bond acceptors (Lipinski definition) is 4. The van der Waals surface area contributed by atoms with E-state index in [9.17, 15) is 0 Å². The third kappa shape index (κ3) is 9.16. The molecule has 2 heterocycles. The second-order valence-corrected chi connectivity index (χ2v) is 6.83. The van der Waals surface area contributed by atoms with Gasteiger partial charge in [0.25, 0.3) is 0 Å². The van der Waals surface area contributed by atoms with Gasteiger partial charge >= 0.3 is 0 Å². The van der Waals surface area contributed by atoms with E-state index in [4.69, 9.17) is 4.99 Å². The molecule has 0 amide bonds. The van der Waals surface area contributed by atoms with Crippen molar-refractivity contribution in [3.05, 3.63) is 12.7 Å². The van der Waals surface area contributed by atoms with Crippen LogP contribution in [-0.2, 0) is 6.54 Å². The van der Waals surface area contributed by atoms with Crippen LogP contribution >= 0.6 is 24.0 Å². The van der Waals surface area contributed by atoms with Crippen LogP contribution in [0.4, 0.5) is 0 Å². The SMILES string of the molecule is CCNC(=NCCCN1CCCCC1C)NCCCCn1cnnc1.I. The number of halogens is 1. The normalized spacial score (nSPS) is 18.4. The molecule has 2 rings (SSSR count). The Hall–Kier alpha value is -0.900. The van der Waals surface area contributed by atoms with Crippen LogP contribution < -0.4 is 10.6 Å². The van der Waals surface area contributed by atoms with Gasteiger partial charge in [0.05, 0.1) is 0 Å². The van der Waals surface area contributed by atoms with Crippen LogP contribution in [0.25, 0.3) is 0 Å². The average Bonchev–Trinajstić information content (AvgIpc) is 3.13. The largest absolute Gasteiger partial charge is 0.357 e. The van der Waals surface area contributed by atoms with Crippen LogP contribution in [0.15, 0.2) is 17.6 Å². The van der Waals surface area contributed by atoms with Gasteiger partial charge in [-0.25, -0.2) is 0 Å². The molecule has 0 saturated carbocycles. The van der Waals surface area contributed by atoms with E-state index in [2.05, 4.69) is 39.6 Å². The molecule has 0 aliphatic carbocycles. The highest BCUT2D eigenvalue weighted by molar-refractivity contribution is 14.0. The molecule has 0 radical (unpaired) electrons. The minimum absolute atomic E-state index is 0. The highest BCUT2D eigenvalue weighted by Gasteiger charge is 2.16. The number of unbranched alkanes of at least 4 members (excludes halogenated alkanes) is 1. The number of nitrogens with one attached hydrogen (secondary N) is 2. The zero-order chi connectivity index (χ0) is 17.7. The summed E-state index contributed by atoms with van der Waals surface area (Å²) in [5.74, 6) is 0.943. The molecule has 0 aromatic carbocycles. The fourth-order valence-corrected chi connectivity index (χ4v) is 3.26. The lowest BCUT2D eigenvalue weighted by molar-refractivity contribution is 0.160. The molecule has 1 aromatic rings. The number of aryl methyl sites for hydroxylation is 1. The van der Waals surface area contributed by atoms with E-state index in [-0.39, 0.29) is 24.0 Å². The molecule has 1 aliphatic rings. The molecule has 1 aromatic heterocycles. The maximum atomic E-state index is 4.71. The molecule has 26 heavy (non-hydrogen) atoms. The second kappa shape index (κ2) is 14.2. The Bertz CT molecular complexity index is 478. The molecule has 1 fully saturated rings. The van der Waals surface area contributed by atoms with E-state index in [1.165, 1.54) is 32.4 Å². The third-order valence-corrected chi connectivity index (χ3v) is 4.76. The van der Waals surface area contributed by atoms with Crippen molar-refractivity contribution in [2.45, 2.75) is 65.0 Å². The van der Waals surface area contributed by atoms with Gasteiger partial charge in [-0.1, -0.05) is 6.42 Å². The van der Waals surface area contributed by atoms with Crippen molar-refractivity contribution >= 4 is 29.9 Å². The van der Waals surface area contributed by atoms with Gasteiger partial charge in [0, 0.05) is 38.8 Å². The summed E-state index contributed by atoms with van der Waals surface area (Å²) in [7, 11) is 0. The molecule has 150 valence electrons. The molecule has 0 bridgehead atoms. The van der Waals surface area contributed by atoms with E-state index < -0.39 is 0 Å². The number of piperidine rings is 1. The average molecular weight is 477 g/mol. The summed E-state index contributed by atoms with van der Waals surface area (Å²) in [5, 5.41) is 14.4. The third-order valence-electron chi connectivity index (χ3n) is 4.76. The number of nitrogens with zero attached hydrogens (tertiary/aromatic N) is 5. The fraction of sp³-hybridized carbons (Fsp3) is 0.833. The first-order valence-electron chi connectivity index (χ1n) is 9.88. The standard InChI is InChI=1S/C18H35N7.HI/c1-3-19-18(20-10-5-7-12-24-15-22-23-16-24)21-11-8-14-25-13-6-4-9-17(25)2;/h15-17H,3-14H2,1-2H3,(H2,19,20,21);1H. The topological polar surface area (TPSA) is 70.4 Å². The molecular formula is C18H36IN7. The highest BCUT2D eigenvalue weighted by Crippen LogP contribution is 2.16. The maximum Gasteiger partial charge on any atom is 0.191 e. The van der Waals surface area contributed by atoms with E-state index in [0.29, 0.717) is 0 Å². The number of hydrogen-bond donors (Lipinski definition) is 2. The zero-order valence-electron chi connectivity index (χ0n) is 16.4. The summed E-state index contributed by atoms with van der Waals surface area (Å²) < 4.78 is 2.01. The number of aliphatic imine (C=N–C) groups is 1. The summed E-state index contributed by atoms with van der Waals surface area (Å²) >= 11 is 0. The molecule has 1 aliphatic heterocycles. The van der Waals surface area contributed by atoms with Gasteiger partial charge in [-0.2, -0.15) is 0 Å². The van der Waals surface area contributed by atoms with Crippen molar-refractivity contribution < 1.29 is 0 Å². The highest BCUT2D eigenvalue weighted by atomic mass is 127. The Morgan fingerprint density at radius 1 is 1.12 bits per heavy atom. The van der Waals surface area contributed by atoms with Gasteiger partial charge in [-0.15, -0.1) is 34.2 Å². The monoisotopic (exact) mass is 477 g/mol. The summed E-state index contributed by atoms with van der Waals surface area (Å²) in [4.78, 5) is 7.33. The number of likely N-dealkylation sites (tertiary alicyclic amines) is 1. The molecule has 1 atom stereocenters. The molecule has 1 saturated heterocycles. The minimum atomic E-state index is 0. The van der Waals surface area contributed by atoms with Crippen LogP contribution in [0.5, 0.6) is 0 Å². The lowest BCUT2D eigenvalue weighted by Gasteiger charge is -2.33. The first-order valence-corrected chi connectivity index (χ1v) is 9.88. The van der Waals surface area contributed by atoms with E-state index in [1.54, 1.807) is 12.7 Å². The number of rotatable bonds is 10. The molecular weight excluding hydrogens is 441 g/mol. The number of aromatic nitrogens is 3. The number of guanidine groups is 1. The molecule has 2 N–H and O–H groups in total. The Morgan fingerprint density at radius 2 is 1.92 bits per heavy atom. The van der Waals surface area contributed by atoms with Gasteiger partial charge in [-0.05, 0) is 52.5 Å². The van der Waals surface area contributed by atoms with Gasteiger partial charge in [0.2, 0.25) is 0 Å². The Kier molecular flexibility index (Phi) is 12.6.